The van der Waals surface area contributed by atoms with Crippen LogP contribution in [-0.2, 0) is 19.1 Å². The van der Waals surface area contributed by atoms with E-state index in [0.717, 1.165) is 0 Å². The first-order valence-corrected chi connectivity index (χ1v) is 5.24. The van der Waals surface area contributed by atoms with Crippen molar-refractivity contribution in [3.63, 3.8) is 0 Å². The monoisotopic (exact) mass is 287 g/mol. The van der Waals surface area contributed by atoms with Gasteiger partial charge in [-0.3, -0.25) is 9.59 Å². The molecule has 19 heavy (non-hydrogen) atoms. The topological polar surface area (TPSA) is 147 Å². The molecule has 0 saturated heterocycles. The maximum absolute atomic E-state index is 11.3. The average Bonchev–Trinajstić information content (AvgIpc) is 2.24. The molecule has 106 valence electrons. The standard InChI is InChI=1S/C10H17NO7.Na.H/c1-6(4-11)5-18-8(14)3-10(17,9(15)16)2-7(12)13;;/h6,17H,2-5,11H2,1H3,(H,12,13)(H,15,16);;. The number of rotatable bonds is 8. The third-order valence-electron chi connectivity index (χ3n) is 2.21. The first-order chi connectivity index (χ1) is 8.21. The van der Waals surface area contributed by atoms with E-state index in [1.807, 2.05) is 0 Å². The van der Waals surface area contributed by atoms with E-state index in [1.165, 1.54) is 0 Å². The van der Waals surface area contributed by atoms with Gasteiger partial charge in [0.05, 0.1) is 19.4 Å². The molecule has 2 unspecified atom stereocenters. The molecule has 0 amide bonds. The Morgan fingerprint density at radius 2 is 1.79 bits per heavy atom. The van der Waals surface area contributed by atoms with E-state index in [0.29, 0.717) is 0 Å². The number of aliphatic carboxylic acids is 2. The van der Waals surface area contributed by atoms with Crippen molar-refractivity contribution in [3.8, 4) is 0 Å². The molecule has 8 nitrogen and oxygen atoms in total. The number of esters is 1. The third kappa shape index (κ3) is 8.17. The molecule has 0 rings (SSSR count). The quantitative estimate of drug-likeness (QED) is 0.300. The number of carboxylic acids is 2. The van der Waals surface area contributed by atoms with Crippen molar-refractivity contribution in [2.75, 3.05) is 13.2 Å². The molecule has 0 bridgehead atoms. The van der Waals surface area contributed by atoms with Crippen LogP contribution in [0.1, 0.15) is 19.8 Å². The zero-order valence-electron chi connectivity index (χ0n) is 9.96. The number of aliphatic hydroxyl groups is 1. The Morgan fingerprint density at radius 1 is 1.26 bits per heavy atom. The van der Waals surface area contributed by atoms with Gasteiger partial charge in [0, 0.05) is 5.92 Å². The summed E-state index contributed by atoms with van der Waals surface area (Å²) in [4.78, 5) is 32.5. The summed E-state index contributed by atoms with van der Waals surface area (Å²) in [6, 6.07) is 0. The zero-order chi connectivity index (χ0) is 14.3. The minimum atomic E-state index is -2.66. The summed E-state index contributed by atoms with van der Waals surface area (Å²) < 4.78 is 4.69. The van der Waals surface area contributed by atoms with Gasteiger partial charge in [-0.15, -0.1) is 0 Å². The normalized spacial score (nSPS) is 14.7. The van der Waals surface area contributed by atoms with E-state index in [-0.39, 0.29) is 48.6 Å². The summed E-state index contributed by atoms with van der Waals surface area (Å²) >= 11 is 0. The molecule has 0 aliphatic heterocycles. The van der Waals surface area contributed by atoms with Crippen LogP contribution in [0.25, 0.3) is 0 Å². The van der Waals surface area contributed by atoms with Crippen molar-refractivity contribution in [2.45, 2.75) is 25.4 Å². The Kier molecular flexibility index (Phi) is 10.1. The number of carbonyl (C=O) groups is 3. The van der Waals surface area contributed by atoms with Gasteiger partial charge >= 0.3 is 47.5 Å². The number of hydrogen-bond donors (Lipinski definition) is 4. The van der Waals surface area contributed by atoms with E-state index < -0.39 is 36.4 Å². The molecule has 0 aromatic carbocycles. The summed E-state index contributed by atoms with van der Waals surface area (Å²) in [5.41, 5.74) is 2.63. The minimum absolute atomic E-state index is 0. The van der Waals surface area contributed by atoms with E-state index in [1.54, 1.807) is 6.92 Å². The predicted octanol–water partition coefficient (Wildman–Crippen LogP) is -1.84. The number of ether oxygens (including phenoxy) is 1. The number of carboxylic acid groups (broad SMARTS) is 2. The first-order valence-electron chi connectivity index (χ1n) is 5.24. The van der Waals surface area contributed by atoms with Crippen LogP contribution < -0.4 is 5.73 Å². The van der Waals surface area contributed by atoms with Gasteiger partial charge in [-0.25, -0.2) is 4.79 Å². The van der Waals surface area contributed by atoms with Gasteiger partial charge in [0.2, 0.25) is 0 Å². The van der Waals surface area contributed by atoms with Crippen molar-refractivity contribution in [2.24, 2.45) is 11.7 Å². The third-order valence-corrected chi connectivity index (χ3v) is 2.21. The van der Waals surface area contributed by atoms with Crippen molar-refractivity contribution >= 4 is 47.5 Å². The Morgan fingerprint density at radius 3 is 2.16 bits per heavy atom. The number of carbonyl (C=O) groups excluding carboxylic acids is 1. The Balaban J connectivity index is 0. The van der Waals surface area contributed by atoms with Gasteiger partial charge in [-0.1, -0.05) is 6.92 Å². The molecule has 0 aliphatic carbocycles. The fourth-order valence-corrected chi connectivity index (χ4v) is 1.06. The van der Waals surface area contributed by atoms with E-state index >= 15 is 0 Å². The fourth-order valence-electron chi connectivity index (χ4n) is 1.06. The molecule has 0 aromatic rings. The molecule has 0 heterocycles. The maximum atomic E-state index is 11.3. The molecule has 0 radical (unpaired) electrons. The molecule has 0 saturated carbocycles. The Labute approximate surface area is 132 Å². The van der Waals surface area contributed by atoms with Gasteiger partial charge in [-0.2, -0.15) is 0 Å². The molecule has 9 heteroatoms. The van der Waals surface area contributed by atoms with Gasteiger partial charge in [-0.05, 0) is 6.54 Å². The molecule has 0 aliphatic rings. The van der Waals surface area contributed by atoms with E-state index in [4.69, 9.17) is 15.9 Å². The second-order valence-corrected chi connectivity index (χ2v) is 4.11. The molecule has 2 atom stereocenters. The molecule has 5 N–H and O–H groups in total. The predicted molar refractivity (Wildman–Crippen MR) is 65.8 cm³/mol. The van der Waals surface area contributed by atoms with Crippen LogP contribution in [0.2, 0.25) is 0 Å². The summed E-state index contributed by atoms with van der Waals surface area (Å²) in [5.74, 6) is -4.40. The molecule has 0 fully saturated rings. The van der Waals surface area contributed by atoms with Crippen LogP contribution in [-0.4, -0.2) is 81.5 Å². The van der Waals surface area contributed by atoms with Crippen LogP contribution in [0.5, 0.6) is 0 Å². The Bertz CT molecular complexity index is 336. The summed E-state index contributed by atoms with van der Waals surface area (Å²) in [6.45, 7) is 1.98. The second-order valence-electron chi connectivity index (χ2n) is 4.11. The number of nitrogens with two attached hydrogens (primary N) is 1. The van der Waals surface area contributed by atoms with E-state index in [2.05, 4.69) is 4.74 Å². The molecule has 0 aromatic heterocycles. The van der Waals surface area contributed by atoms with Crippen molar-refractivity contribution in [1.29, 1.82) is 0 Å². The van der Waals surface area contributed by atoms with Gasteiger partial charge in [0.25, 0.3) is 0 Å². The summed E-state index contributed by atoms with van der Waals surface area (Å²) in [5, 5.41) is 26.7. The van der Waals surface area contributed by atoms with Gasteiger partial charge in [0.1, 0.15) is 0 Å². The van der Waals surface area contributed by atoms with E-state index in [9.17, 15) is 19.5 Å². The number of hydrogen-bond acceptors (Lipinski definition) is 6. The van der Waals surface area contributed by atoms with Crippen LogP contribution >= 0.6 is 0 Å². The zero-order valence-corrected chi connectivity index (χ0v) is 9.96. The van der Waals surface area contributed by atoms with Gasteiger partial charge in [0.15, 0.2) is 5.60 Å². The summed E-state index contributed by atoms with van der Waals surface area (Å²) in [6.07, 6.45) is -2.00. The van der Waals surface area contributed by atoms with Crippen molar-refractivity contribution in [3.05, 3.63) is 0 Å². The van der Waals surface area contributed by atoms with Gasteiger partial charge < -0.3 is 25.8 Å². The van der Waals surface area contributed by atoms with Crippen molar-refractivity contribution < 1.29 is 34.4 Å². The molecule has 0 spiro atoms. The van der Waals surface area contributed by atoms with Crippen LogP contribution in [0.3, 0.4) is 0 Å². The van der Waals surface area contributed by atoms with Crippen LogP contribution in [0.4, 0.5) is 0 Å². The second kappa shape index (κ2) is 9.27. The van der Waals surface area contributed by atoms with Crippen molar-refractivity contribution in [1.82, 2.24) is 0 Å². The SMILES string of the molecule is CC(CN)COC(=O)CC(O)(CC(=O)O)C(=O)O.[NaH]. The first kappa shape index (κ1) is 20.6. The average molecular weight is 287 g/mol. The molecular weight excluding hydrogens is 269 g/mol. The van der Waals surface area contributed by atoms with Crippen LogP contribution in [0, 0.1) is 5.92 Å². The Hall–Kier alpha value is -0.670. The molecular formula is C10H18NNaO7. The summed E-state index contributed by atoms with van der Waals surface area (Å²) in [7, 11) is 0. The van der Waals surface area contributed by atoms with Crippen LogP contribution in [0.15, 0.2) is 0 Å². The fraction of sp³-hybridized carbons (Fsp3) is 0.700.